The highest BCUT2D eigenvalue weighted by molar-refractivity contribution is 5.86. The van der Waals surface area contributed by atoms with Gasteiger partial charge in [-0.2, -0.15) is 0 Å². The second-order valence-corrected chi connectivity index (χ2v) is 7.61. The topological polar surface area (TPSA) is 3.24 Å². The van der Waals surface area contributed by atoms with Gasteiger partial charge in [-0.25, -0.2) is 0 Å². The average molecular weight is 361 g/mol. The van der Waals surface area contributed by atoms with E-state index in [1.807, 2.05) is 0 Å². The molecule has 136 valence electrons. The van der Waals surface area contributed by atoms with Crippen molar-refractivity contribution in [2.45, 2.75) is 13.3 Å². The Labute approximate surface area is 166 Å². The predicted molar refractivity (Wildman–Crippen MR) is 119 cm³/mol. The fourth-order valence-corrected chi connectivity index (χ4v) is 4.22. The Morgan fingerprint density at radius 3 is 2.14 bits per heavy atom. The van der Waals surface area contributed by atoms with Crippen molar-refractivity contribution in [1.82, 2.24) is 0 Å². The van der Waals surface area contributed by atoms with Gasteiger partial charge < -0.3 is 4.90 Å². The van der Waals surface area contributed by atoms with Gasteiger partial charge in [-0.15, -0.1) is 0 Å². The summed E-state index contributed by atoms with van der Waals surface area (Å²) in [7, 11) is 2.14. The molecule has 0 aliphatic heterocycles. The molecule has 4 aromatic rings. The summed E-state index contributed by atoms with van der Waals surface area (Å²) in [5, 5.41) is 0. The molecule has 0 amide bonds. The summed E-state index contributed by atoms with van der Waals surface area (Å²) in [6, 6.07) is 33.0. The molecule has 4 aromatic carbocycles. The lowest BCUT2D eigenvalue weighted by Crippen LogP contribution is -2.09. The fraction of sp³-hybridized carbons (Fsp3) is 0.111. The molecule has 0 unspecified atom stereocenters. The Morgan fingerprint density at radius 1 is 0.643 bits per heavy atom. The maximum atomic E-state index is 2.35. The van der Waals surface area contributed by atoms with Crippen LogP contribution in [0.1, 0.15) is 16.7 Å². The molecule has 0 N–H and O–H groups in total. The van der Waals surface area contributed by atoms with Gasteiger partial charge in [0.2, 0.25) is 0 Å². The van der Waals surface area contributed by atoms with Gasteiger partial charge in [0, 0.05) is 18.4 Å². The molecule has 1 nitrogen and oxygen atoms in total. The monoisotopic (exact) mass is 361 g/mol. The van der Waals surface area contributed by atoms with E-state index >= 15 is 0 Å². The molecule has 0 heterocycles. The van der Waals surface area contributed by atoms with Crippen LogP contribution in [0.5, 0.6) is 0 Å². The van der Waals surface area contributed by atoms with Gasteiger partial charge >= 0.3 is 0 Å². The lowest BCUT2D eigenvalue weighted by molar-refractivity contribution is 1.19. The van der Waals surface area contributed by atoms with Gasteiger partial charge in [-0.05, 0) is 71.0 Å². The molecule has 0 aromatic heterocycles. The molecule has 1 aliphatic carbocycles. The largest absolute Gasteiger partial charge is 0.345 e. The van der Waals surface area contributed by atoms with Crippen LogP contribution in [0.3, 0.4) is 0 Å². The Kier molecular flexibility index (Phi) is 4.02. The van der Waals surface area contributed by atoms with E-state index < -0.39 is 0 Å². The van der Waals surface area contributed by atoms with Crippen LogP contribution >= 0.6 is 0 Å². The maximum Gasteiger partial charge on any atom is 0.0411 e. The lowest BCUT2D eigenvalue weighted by Gasteiger charge is -2.20. The molecule has 1 aliphatic rings. The Balaban J connectivity index is 1.53. The molecule has 1 heteroatoms. The minimum Gasteiger partial charge on any atom is -0.345 e. The molecule has 28 heavy (non-hydrogen) atoms. The third-order valence-electron chi connectivity index (χ3n) is 5.82. The van der Waals surface area contributed by atoms with Gasteiger partial charge in [0.15, 0.2) is 0 Å². The number of fused-ring (bicyclic) bond motifs is 3. The van der Waals surface area contributed by atoms with E-state index in [2.05, 4.69) is 110 Å². The molecule has 0 radical (unpaired) electrons. The van der Waals surface area contributed by atoms with Crippen LogP contribution in [0.15, 0.2) is 91.0 Å². The number of hydrogen-bond acceptors (Lipinski definition) is 1. The first-order valence-corrected chi connectivity index (χ1v) is 9.82. The van der Waals surface area contributed by atoms with Crippen molar-refractivity contribution in [3.8, 4) is 22.3 Å². The molecule has 5 rings (SSSR count). The lowest BCUT2D eigenvalue weighted by atomic mass is 9.96. The molecule has 0 fully saturated rings. The van der Waals surface area contributed by atoms with Crippen molar-refractivity contribution in [2.75, 3.05) is 11.9 Å². The van der Waals surface area contributed by atoms with Gasteiger partial charge in [-0.3, -0.25) is 0 Å². The molecule has 0 saturated heterocycles. The Morgan fingerprint density at radius 2 is 1.36 bits per heavy atom. The summed E-state index contributed by atoms with van der Waals surface area (Å²) in [5.74, 6) is 0. The zero-order valence-corrected chi connectivity index (χ0v) is 16.3. The Bertz CT molecular complexity index is 1140. The molecule has 0 spiro atoms. The van der Waals surface area contributed by atoms with E-state index in [4.69, 9.17) is 0 Å². The van der Waals surface area contributed by atoms with E-state index in [1.54, 1.807) is 0 Å². The van der Waals surface area contributed by atoms with Gasteiger partial charge in [0.25, 0.3) is 0 Å². The van der Waals surface area contributed by atoms with Crippen LogP contribution in [0.25, 0.3) is 22.3 Å². The first kappa shape index (κ1) is 16.8. The smallest absolute Gasteiger partial charge is 0.0411 e. The van der Waals surface area contributed by atoms with Crippen molar-refractivity contribution in [3.63, 3.8) is 0 Å². The summed E-state index contributed by atoms with van der Waals surface area (Å²) >= 11 is 0. The number of anilines is 2. The first-order valence-electron chi connectivity index (χ1n) is 9.82. The first-order chi connectivity index (χ1) is 13.7. The molecule has 0 atom stereocenters. The van der Waals surface area contributed by atoms with Crippen LogP contribution in [0.2, 0.25) is 0 Å². The van der Waals surface area contributed by atoms with E-state index in [-0.39, 0.29) is 0 Å². The number of nitrogens with zero attached hydrogens (tertiary/aromatic N) is 1. The zero-order chi connectivity index (χ0) is 19.1. The summed E-state index contributed by atoms with van der Waals surface area (Å²) < 4.78 is 0. The zero-order valence-electron chi connectivity index (χ0n) is 16.3. The summed E-state index contributed by atoms with van der Waals surface area (Å²) in [4.78, 5) is 2.26. The number of aryl methyl sites for hydroxylation is 1. The summed E-state index contributed by atoms with van der Waals surface area (Å²) in [6.07, 6.45) is 0.991. The fourth-order valence-electron chi connectivity index (χ4n) is 4.22. The molecular weight excluding hydrogens is 338 g/mol. The third kappa shape index (κ3) is 2.80. The van der Waals surface area contributed by atoms with Crippen LogP contribution < -0.4 is 4.90 Å². The SMILES string of the molecule is Cc1ccc(N(C)c2ccc3c(c2)Cc2c(-c4ccccc4)cccc2-3)cc1. The second-order valence-electron chi connectivity index (χ2n) is 7.61. The molecule has 0 bridgehead atoms. The number of rotatable bonds is 3. The highest BCUT2D eigenvalue weighted by atomic mass is 15.1. The number of benzene rings is 4. The predicted octanol–water partition coefficient (Wildman–Crippen LogP) is 7.00. The van der Waals surface area contributed by atoms with E-state index in [9.17, 15) is 0 Å². The third-order valence-corrected chi connectivity index (χ3v) is 5.82. The standard InChI is InChI=1S/C27H23N/c1-19-11-13-22(14-12-19)28(2)23-15-16-25-21(17-23)18-27-24(9-6-10-26(25)27)20-7-4-3-5-8-20/h3-17H,18H2,1-2H3. The highest BCUT2D eigenvalue weighted by Gasteiger charge is 2.22. The van der Waals surface area contributed by atoms with E-state index in [0.29, 0.717) is 0 Å². The van der Waals surface area contributed by atoms with Crippen LogP contribution in [-0.4, -0.2) is 7.05 Å². The average Bonchev–Trinajstić information content (AvgIpc) is 3.12. The summed E-state index contributed by atoms with van der Waals surface area (Å²) in [6.45, 7) is 2.13. The Hall–Kier alpha value is -3.32. The highest BCUT2D eigenvalue weighted by Crippen LogP contribution is 2.43. The van der Waals surface area contributed by atoms with Crippen LogP contribution in [0, 0.1) is 6.92 Å². The normalized spacial score (nSPS) is 11.8. The quantitative estimate of drug-likeness (QED) is 0.334. The number of hydrogen-bond donors (Lipinski definition) is 0. The minimum absolute atomic E-state index is 0.991. The van der Waals surface area contributed by atoms with E-state index in [1.165, 1.54) is 50.3 Å². The van der Waals surface area contributed by atoms with Crippen LogP contribution in [0.4, 0.5) is 11.4 Å². The van der Waals surface area contributed by atoms with Crippen molar-refractivity contribution >= 4 is 11.4 Å². The van der Waals surface area contributed by atoms with Crippen molar-refractivity contribution < 1.29 is 0 Å². The van der Waals surface area contributed by atoms with Crippen molar-refractivity contribution in [1.29, 1.82) is 0 Å². The van der Waals surface area contributed by atoms with Crippen molar-refractivity contribution in [3.05, 3.63) is 108 Å². The summed E-state index contributed by atoms with van der Waals surface area (Å²) in [5.41, 5.74) is 12.0. The van der Waals surface area contributed by atoms with Gasteiger partial charge in [0.1, 0.15) is 0 Å². The van der Waals surface area contributed by atoms with Crippen LogP contribution in [-0.2, 0) is 6.42 Å². The maximum absolute atomic E-state index is 2.35. The molecular formula is C27H23N. The van der Waals surface area contributed by atoms with Crippen molar-refractivity contribution in [2.24, 2.45) is 0 Å². The van der Waals surface area contributed by atoms with E-state index in [0.717, 1.165) is 6.42 Å². The van der Waals surface area contributed by atoms with Gasteiger partial charge in [0.05, 0.1) is 0 Å². The van der Waals surface area contributed by atoms with Gasteiger partial charge in [-0.1, -0.05) is 72.3 Å². The molecule has 0 saturated carbocycles. The second kappa shape index (κ2) is 6.69. The minimum atomic E-state index is 0.991.